The predicted octanol–water partition coefficient (Wildman–Crippen LogP) is -6.02. The summed E-state index contributed by atoms with van der Waals surface area (Å²) in [7, 11) is 0. The fourth-order valence-electron chi connectivity index (χ4n) is 2.94. The molecule has 0 spiro atoms. The highest BCUT2D eigenvalue weighted by atomic mass is 16.7. The van der Waals surface area contributed by atoms with Gasteiger partial charge in [0.25, 0.3) is 0 Å². The van der Waals surface area contributed by atoms with Crippen molar-refractivity contribution < 1.29 is 64.9 Å². The predicted molar refractivity (Wildman–Crippen MR) is 85.4 cm³/mol. The molecule has 13 heteroatoms. The number of aliphatic hydroxyl groups is 9. The highest BCUT2D eigenvalue weighted by Gasteiger charge is 2.50. The van der Waals surface area contributed by atoms with Crippen molar-refractivity contribution in [1.82, 2.24) is 0 Å². The van der Waals surface area contributed by atoms with Crippen molar-refractivity contribution in [2.75, 3.05) is 26.4 Å². The Labute approximate surface area is 159 Å². The Balaban J connectivity index is 2.11. The van der Waals surface area contributed by atoms with Gasteiger partial charge in [0.1, 0.15) is 54.9 Å². The molecule has 0 bridgehead atoms. The monoisotopic (exact) mass is 416 g/mol. The standard InChI is InChI=1S/C15H28O13/c16-1-5(19)4-25-14-12(24)13(9(21)7(3-18)26-14)28-15-11(23)10(22)8(20)6(2-17)27-15/h5-24H,1-4H2/t5-,6+,7+,8+,9+,10-,11-,12-,13-,14-,15+/m0/s1. The Morgan fingerprint density at radius 2 is 1.29 bits per heavy atom. The molecule has 0 aliphatic carbocycles. The van der Waals surface area contributed by atoms with Crippen LogP contribution in [-0.4, -0.2) is 140 Å². The normalized spacial score (nSPS) is 45.8. The molecule has 28 heavy (non-hydrogen) atoms. The van der Waals surface area contributed by atoms with E-state index in [9.17, 15) is 40.9 Å². The van der Waals surface area contributed by atoms with Crippen molar-refractivity contribution in [3.8, 4) is 0 Å². The Morgan fingerprint density at radius 3 is 1.86 bits per heavy atom. The molecule has 0 aromatic carbocycles. The summed E-state index contributed by atoms with van der Waals surface area (Å²) in [4.78, 5) is 0. The largest absolute Gasteiger partial charge is 0.394 e. The van der Waals surface area contributed by atoms with Gasteiger partial charge < -0.3 is 64.9 Å². The highest BCUT2D eigenvalue weighted by molar-refractivity contribution is 4.94. The second-order valence-corrected chi connectivity index (χ2v) is 6.67. The SMILES string of the molecule is OC[C@H](O)CO[C@H]1O[C@H](CO)[C@@H](O)[C@H](O[C@H]2O[C@H](CO)[C@@H](O)[C@H](O)[C@@H]2O)[C@@H]1O. The maximum absolute atomic E-state index is 10.4. The van der Waals surface area contributed by atoms with E-state index in [1.54, 1.807) is 0 Å². The number of ether oxygens (including phenoxy) is 4. The van der Waals surface area contributed by atoms with Crippen LogP contribution >= 0.6 is 0 Å². The van der Waals surface area contributed by atoms with Gasteiger partial charge in [-0.1, -0.05) is 0 Å². The second-order valence-electron chi connectivity index (χ2n) is 6.67. The first-order chi connectivity index (χ1) is 13.2. The Kier molecular flexibility index (Phi) is 8.90. The van der Waals surface area contributed by atoms with E-state index >= 15 is 0 Å². The summed E-state index contributed by atoms with van der Waals surface area (Å²) in [6.07, 6.45) is -16.9. The fourth-order valence-corrected chi connectivity index (χ4v) is 2.94. The first kappa shape index (κ1) is 23.8. The molecule has 0 amide bonds. The minimum Gasteiger partial charge on any atom is -0.394 e. The van der Waals surface area contributed by atoms with Crippen LogP contribution in [-0.2, 0) is 18.9 Å². The van der Waals surface area contributed by atoms with Gasteiger partial charge in [-0.2, -0.15) is 0 Å². The first-order valence-corrected chi connectivity index (χ1v) is 8.74. The first-order valence-electron chi connectivity index (χ1n) is 8.74. The van der Waals surface area contributed by atoms with E-state index < -0.39 is 93.9 Å². The number of hydrogen-bond donors (Lipinski definition) is 9. The maximum atomic E-state index is 10.4. The summed E-state index contributed by atoms with van der Waals surface area (Å²) in [5.41, 5.74) is 0. The molecular formula is C15H28O13. The summed E-state index contributed by atoms with van der Waals surface area (Å²) in [6.45, 7) is -2.43. The molecule has 2 fully saturated rings. The van der Waals surface area contributed by atoms with Gasteiger partial charge in [0.2, 0.25) is 0 Å². The zero-order chi connectivity index (χ0) is 21.0. The van der Waals surface area contributed by atoms with Crippen LogP contribution in [0.3, 0.4) is 0 Å². The lowest BCUT2D eigenvalue weighted by molar-refractivity contribution is -0.361. The lowest BCUT2D eigenvalue weighted by Gasteiger charge is -2.46. The smallest absolute Gasteiger partial charge is 0.187 e. The van der Waals surface area contributed by atoms with E-state index in [1.165, 1.54) is 0 Å². The van der Waals surface area contributed by atoms with Crippen LogP contribution in [0.25, 0.3) is 0 Å². The van der Waals surface area contributed by atoms with Gasteiger partial charge in [-0.3, -0.25) is 0 Å². The van der Waals surface area contributed by atoms with Crippen molar-refractivity contribution in [3.05, 3.63) is 0 Å². The third-order valence-corrected chi connectivity index (χ3v) is 4.63. The summed E-state index contributed by atoms with van der Waals surface area (Å²) in [5.74, 6) is 0. The molecule has 2 aliphatic heterocycles. The second kappa shape index (κ2) is 10.5. The van der Waals surface area contributed by atoms with Crippen LogP contribution in [0.4, 0.5) is 0 Å². The van der Waals surface area contributed by atoms with Crippen LogP contribution in [0.5, 0.6) is 0 Å². The van der Waals surface area contributed by atoms with Crippen molar-refractivity contribution in [2.24, 2.45) is 0 Å². The van der Waals surface area contributed by atoms with Crippen molar-refractivity contribution >= 4 is 0 Å². The molecule has 0 saturated carbocycles. The summed E-state index contributed by atoms with van der Waals surface area (Å²) >= 11 is 0. The Morgan fingerprint density at radius 1 is 0.714 bits per heavy atom. The van der Waals surface area contributed by atoms with E-state index in [0.29, 0.717) is 0 Å². The molecule has 0 aromatic rings. The fraction of sp³-hybridized carbons (Fsp3) is 1.00. The van der Waals surface area contributed by atoms with Crippen molar-refractivity contribution in [1.29, 1.82) is 0 Å². The third-order valence-electron chi connectivity index (χ3n) is 4.63. The summed E-state index contributed by atoms with van der Waals surface area (Å²) in [5, 5.41) is 87.1. The zero-order valence-corrected chi connectivity index (χ0v) is 14.8. The zero-order valence-electron chi connectivity index (χ0n) is 14.8. The number of hydrogen-bond acceptors (Lipinski definition) is 13. The van der Waals surface area contributed by atoms with Gasteiger partial charge >= 0.3 is 0 Å². The Bertz CT molecular complexity index is 465. The van der Waals surface area contributed by atoms with Gasteiger partial charge in [-0.05, 0) is 0 Å². The third kappa shape index (κ3) is 5.14. The van der Waals surface area contributed by atoms with Crippen molar-refractivity contribution in [3.63, 3.8) is 0 Å². The lowest BCUT2D eigenvalue weighted by Crippen LogP contribution is -2.65. The average Bonchev–Trinajstić information content (AvgIpc) is 2.70. The van der Waals surface area contributed by atoms with Crippen LogP contribution in [0.15, 0.2) is 0 Å². The maximum Gasteiger partial charge on any atom is 0.187 e. The minimum absolute atomic E-state index is 0.431. The Hall–Kier alpha value is -0.520. The van der Waals surface area contributed by atoms with Crippen LogP contribution in [0.2, 0.25) is 0 Å². The van der Waals surface area contributed by atoms with E-state index in [4.69, 9.17) is 24.1 Å². The van der Waals surface area contributed by atoms with E-state index in [-0.39, 0.29) is 0 Å². The number of rotatable bonds is 8. The van der Waals surface area contributed by atoms with Crippen LogP contribution < -0.4 is 0 Å². The highest BCUT2D eigenvalue weighted by Crippen LogP contribution is 2.29. The molecule has 2 rings (SSSR count). The molecule has 2 heterocycles. The lowest BCUT2D eigenvalue weighted by atomic mass is 9.97. The quantitative estimate of drug-likeness (QED) is 0.180. The molecule has 0 aromatic heterocycles. The summed E-state index contributed by atoms with van der Waals surface area (Å²) in [6, 6.07) is 0. The minimum atomic E-state index is -1.77. The van der Waals surface area contributed by atoms with E-state index in [2.05, 4.69) is 0 Å². The topological polar surface area (TPSA) is 219 Å². The molecule has 2 saturated heterocycles. The molecular weight excluding hydrogens is 388 g/mol. The van der Waals surface area contributed by atoms with Gasteiger partial charge in [-0.15, -0.1) is 0 Å². The van der Waals surface area contributed by atoms with Crippen LogP contribution in [0.1, 0.15) is 0 Å². The molecule has 11 atom stereocenters. The molecule has 13 nitrogen and oxygen atoms in total. The van der Waals surface area contributed by atoms with Gasteiger partial charge in [-0.25, -0.2) is 0 Å². The molecule has 0 radical (unpaired) electrons. The molecule has 2 aliphatic rings. The van der Waals surface area contributed by atoms with E-state index in [1.807, 2.05) is 0 Å². The molecule has 9 N–H and O–H groups in total. The van der Waals surface area contributed by atoms with Gasteiger partial charge in [0, 0.05) is 0 Å². The van der Waals surface area contributed by atoms with Gasteiger partial charge in [0.15, 0.2) is 12.6 Å². The van der Waals surface area contributed by atoms with Gasteiger partial charge in [0.05, 0.1) is 26.4 Å². The molecule has 0 unspecified atom stereocenters. The average molecular weight is 416 g/mol. The summed E-state index contributed by atoms with van der Waals surface area (Å²) < 4.78 is 20.9. The molecule has 166 valence electrons. The van der Waals surface area contributed by atoms with Crippen LogP contribution in [0, 0.1) is 0 Å². The number of aliphatic hydroxyl groups excluding tert-OH is 9. The van der Waals surface area contributed by atoms with E-state index in [0.717, 1.165) is 0 Å². The van der Waals surface area contributed by atoms with Crippen molar-refractivity contribution in [2.45, 2.75) is 67.5 Å².